The molecule has 1 atom stereocenters. The molecule has 1 aromatic rings. The van der Waals surface area contributed by atoms with Gasteiger partial charge in [-0.1, -0.05) is 13.0 Å². The highest BCUT2D eigenvalue weighted by Gasteiger charge is 2.20. The van der Waals surface area contributed by atoms with Gasteiger partial charge in [0.05, 0.1) is 6.61 Å². The summed E-state index contributed by atoms with van der Waals surface area (Å²) in [6.45, 7) is 5.49. The van der Waals surface area contributed by atoms with Crippen molar-refractivity contribution in [2.75, 3.05) is 13.2 Å². The Morgan fingerprint density at radius 3 is 2.88 bits per heavy atom. The maximum absolute atomic E-state index is 13.3. The zero-order valence-corrected chi connectivity index (χ0v) is 10.5. The molecule has 0 spiro atoms. The van der Waals surface area contributed by atoms with Gasteiger partial charge in [-0.2, -0.15) is 0 Å². The van der Waals surface area contributed by atoms with Crippen LogP contribution < -0.4 is 10.1 Å². The standard InChI is InChI=1S/C14H20FNO/c1-10(8-16-12-4-5-12)9-17-13-6-3-11(2)14(15)7-13/h3,6-7,10,12,16H,4-5,8-9H2,1-2H3. The quantitative estimate of drug-likeness (QED) is 0.821. The number of hydrogen-bond donors (Lipinski definition) is 1. The fourth-order valence-electron chi connectivity index (χ4n) is 1.62. The molecule has 1 unspecified atom stereocenters. The van der Waals surface area contributed by atoms with Crippen LogP contribution in [0.5, 0.6) is 5.75 Å². The van der Waals surface area contributed by atoms with Gasteiger partial charge >= 0.3 is 0 Å². The van der Waals surface area contributed by atoms with Crippen LogP contribution in [-0.2, 0) is 0 Å². The van der Waals surface area contributed by atoms with Crippen molar-refractivity contribution in [3.05, 3.63) is 29.6 Å². The Balaban J connectivity index is 1.73. The lowest BCUT2D eigenvalue weighted by Crippen LogP contribution is -2.26. The molecule has 0 amide bonds. The van der Waals surface area contributed by atoms with Crippen molar-refractivity contribution >= 4 is 0 Å². The molecular weight excluding hydrogens is 217 g/mol. The Labute approximate surface area is 102 Å². The fraction of sp³-hybridized carbons (Fsp3) is 0.571. The van der Waals surface area contributed by atoms with Gasteiger partial charge in [-0.25, -0.2) is 4.39 Å². The summed E-state index contributed by atoms with van der Waals surface area (Å²) >= 11 is 0. The van der Waals surface area contributed by atoms with Crippen molar-refractivity contribution in [2.45, 2.75) is 32.7 Å². The first kappa shape index (κ1) is 12.4. The van der Waals surface area contributed by atoms with Gasteiger partial charge in [0.1, 0.15) is 11.6 Å². The van der Waals surface area contributed by atoms with E-state index < -0.39 is 0 Å². The Morgan fingerprint density at radius 1 is 1.47 bits per heavy atom. The van der Waals surface area contributed by atoms with E-state index in [1.54, 1.807) is 13.0 Å². The molecule has 0 aromatic heterocycles. The predicted molar refractivity (Wildman–Crippen MR) is 66.8 cm³/mol. The maximum atomic E-state index is 13.3. The monoisotopic (exact) mass is 237 g/mol. The normalized spacial score (nSPS) is 16.9. The van der Waals surface area contributed by atoms with E-state index in [2.05, 4.69) is 12.2 Å². The minimum atomic E-state index is -0.203. The molecule has 0 radical (unpaired) electrons. The van der Waals surface area contributed by atoms with Gasteiger partial charge in [0.2, 0.25) is 0 Å². The van der Waals surface area contributed by atoms with Gasteiger partial charge in [-0.3, -0.25) is 0 Å². The van der Waals surface area contributed by atoms with Crippen LogP contribution in [0.25, 0.3) is 0 Å². The number of ether oxygens (including phenoxy) is 1. The van der Waals surface area contributed by atoms with Crippen molar-refractivity contribution in [1.82, 2.24) is 5.32 Å². The van der Waals surface area contributed by atoms with Crippen LogP contribution in [0, 0.1) is 18.7 Å². The number of rotatable bonds is 6. The summed E-state index contributed by atoms with van der Waals surface area (Å²) in [5, 5.41) is 3.46. The van der Waals surface area contributed by atoms with Gasteiger partial charge in [0, 0.05) is 24.6 Å². The minimum Gasteiger partial charge on any atom is -0.493 e. The van der Waals surface area contributed by atoms with Crippen LogP contribution in [0.3, 0.4) is 0 Å². The summed E-state index contributed by atoms with van der Waals surface area (Å²) in [5.41, 5.74) is 0.654. The summed E-state index contributed by atoms with van der Waals surface area (Å²) in [4.78, 5) is 0. The Morgan fingerprint density at radius 2 is 2.24 bits per heavy atom. The SMILES string of the molecule is Cc1ccc(OCC(C)CNC2CC2)cc1F. The third-order valence-electron chi connectivity index (χ3n) is 3.01. The predicted octanol–water partition coefficient (Wildman–Crippen LogP) is 2.90. The van der Waals surface area contributed by atoms with Crippen molar-refractivity contribution in [2.24, 2.45) is 5.92 Å². The van der Waals surface area contributed by atoms with E-state index in [0.717, 1.165) is 12.6 Å². The molecule has 1 aliphatic carbocycles. The average molecular weight is 237 g/mol. The summed E-state index contributed by atoms with van der Waals surface area (Å²) in [6.07, 6.45) is 2.60. The number of nitrogens with one attached hydrogen (secondary N) is 1. The van der Waals surface area contributed by atoms with Crippen LogP contribution in [0.4, 0.5) is 4.39 Å². The first-order valence-corrected chi connectivity index (χ1v) is 6.27. The van der Waals surface area contributed by atoms with E-state index in [0.29, 0.717) is 23.8 Å². The highest BCUT2D eigenvalue weighted by Crippen LogP contribution is 2.19. The highest BCUT2D eigenvalue weighted by molar-refractivity contribution is 5.27. The molecule has 1 fully saturated rings. The molecule has 0 heterocycles. The molecule has 2 rings (SSSR count). The third-order valence-corrected chi connectivity index (χ3v) is 3.01. The second-order valence-electron chi connectivity index (χ2n) is 5.01. The Kier molecular flexibility index (Phi) is 4.00. The van der Waals surface area contributed by atoms with E-state index >= 15 is 0 Å². The smallest absolute Gasteiger partial charge is 0.129 e. The average Bonchev–Trinajstić information content (AvgIpc) is 3.12. The van der Waals surface area contributed by atoms with Gasteiger partial charge < -0.3 is 10.1 Å². The number of aryl methyl sites for hydroxylation is 1. The van der Waals surface area contributed by atoms with Crippen molar-refractivity contribution in [1.29, 1.82) is 0 Å². The molecule has 3 heteroatoms. The molecule has 94 valence electrons. The van der Waals surface area contributed by atoms with Crippen LogP contribution in [0.15, 0.2) is 18.2 Å². The maximum Gasteiger partial charge on any atom is 0.129 e. The molecule has 0 bridgehead atoms. The molecule has 1 aliphatic rings. The van der Waals surface area contributed by atoms with Gasteiger partial charge in [0.25, 0.3) is 0 Å². The fourth-order valence-corrected chi connectivity index (χ4v) is 1.62. The first-order chi connectivity index (χ1) is 8.15. The molecule has 1 saturated carbocycles. The highest BCUT2D eigenvalue weighted by atomic mass is 19.1. The van der Waals surface area contributed by atoms with Crippen LogP contribution in [0.1, 0.15) is 25.3 Å². The van der Waals surface area contributed by atoms with Crippen LogP contribution in [0.2, 0.25) is 0 Å². The molecule has 0 aliphatic heterocycles. The largest absolute Gasteiger partial charge is 0.493 e. The Hall–Kier alpha value is -1.09. The van der Waals surface area contributed by atoms with E-state index in [1.165, 1.54) is 18.9 Å². The lowest BCUT2D eigenvalue weighted by atomic mass is 10.2. The molecular formula is C14H20FNO. The number of benzene rings is 1. The van der Waals surface area contributed by atoms with Crippen molar-refractivity contribution in [3.8, 4) is 5.75 Å². The van der Waals surface area contributed by atoms with E-state index in [4.69, 9.17) is 4.74 Å². The molecule has 1 aromatic carbocycles. The molecule has 0 saturated heterocycles. The second-order valence-corrected chi connectivity index (χ2v) is 5.01. The lowest BCUT2D eigenvalue weighted by molar-refractivity contribution is 0.254. The van der Waals surface area contributed by atoms with E-state index in [1.807, 2.05) is 6.07 Å². The second kappa shape index (κ2) is 5.50. The zero-order valence-electron chi connectivity index (χ0n) is 10.5. The summed E-state index contributed by atoms with van der Waals surface area (Å²) < 4.78 is 18.8. The van der Waals surface area contributed by atoms with Gasteiger partial charge in [-0.05, 0) is 31.4 Å². The third kappa shape index (κ3) is 4.00. The lowest BCUT2D eigenvalue weighted by Gasteiger charge is -2.14. The zero-order chi connectivity index (χ0) is 12.3. The summed E-state index contributed by atoms with van der Waals surface area (Å²) in [5.74, 6) is 0.859. The molecule has 2 nitrogen and oxygen atoms in total. The molecule has 1 N–H and O–H groups in total. The van der Waals surface area contributed by atoms with Gasteiger partial charge in [0.15, 0.2) is 0 Å². The topological polar surface area (TPSA) is 21.3 Å². The number of hydrogen-bond acceptors (Lipinski definition) is 2. The van der Waals surface area contributed by atoms with Crippen LogP contribution in [-0.4, -0.2) is 19.2 Å². The minimum absolute atomic E-state index is 0.203. The van der Waals surface area contributed by atoms with Crippen molar-refractivity contribution in [3.63, 3.8) is 0 Å². The van der Waals surface area contributed by atoms with Crippen molar-refractivity contribution < 1.29 is 9.13 Å². The first-order valence-electron chi connectivity index (χ1n) is 6.27. The summed E-state index contributed by atoms with van der Waals surface area (Å²) in [6, 6.07) is 5.75. The van der Waals surface area contributed by atoms with E-state index in [9.17, 15) is 4.39 Å². The number of halogens is 1. The van der Waals surface area contributed by atoms with Crippen LogP contribution >= 0.6 is 0 Å². The summed E-state index contributed by atoms with van der Waals surface area (Å²) in [7, 11) is 0. The molecule has 17 heavy (non-hydrogen) atoms. The van der Waals surface area contributed by atoms with Gasteiger partial charge in [-0.15, -0.1) is 0 Å². The Bertz CT molecular complexity index is 376. The van der Waals surface area contributed by atoms with E-state index in [-0.39, 0.29) is 5.82 Å².